The SMILES string of the molecule is CCC(CC)COc1ccccc1B(O)O. The molecule has 1 rings (SSSR count). The van der Waals surface area contributed by atoms with Gasteiger partial charge >= 0.3 is 7.12 Å². The molecule has 0 saturated carbocycles. The van der Waals surface area contributed by atoms with Crippen LogP contribution in [0.2, 0.25) is 0 Å². The Morgan fingerprint density at radius 3 is 2.38 bits per heavy atom. The lowest BCUT2D eigenvalue weighted by atomic mass is 9.79. The molecule has 0 aromatic heterocycles. The van der Waals surface area contributed by atoms with Gasteiger partial charge in [0.25, 0.3) is 0 Å². The van der Waals surface area contributed by atoms with Crippen LogP contribution < -0.4 is 10.2 Å². The maximum absolute atomic E-state index is 9.16. The quantitative estimate of drug-likeness (QED) is 0.710. The highest BCUT2D eigenvalue weighted by Crippen LogP contribution is 2.12. The molecule has 0 atom stereocenters. The molecule has 0 bridgehead atoms. The number of ether oxygens (including phenoxy) is 1. The molecule has 0 fully saturated rings. The fraction of sp³-hybridized carbons (Fsp3) is 0.500. The highest BCUT2D eigenvalue weighted by Gasteiger charge is 2.16. The standard InChI is InChI=1S/C12H19BO3/c1-3-10(4-2)9-16-12-8-6-5-7-11(12)13(14)15/h5-8,10,14-15H,3-4,9H2,1-2H3. The Labute approximate surface area is 97.2 Å². The Kier molecular flexibility index (Phi) is 5.36. The average molecular weight is 222 g/mol. The van der Waals surface area contributed by atoms with Crippen molar-refractivity contribution >= 4 is 12.6 Å². The van der Waals surface area contributed by atoms with E-state index in [1.165, 1.54) is 0 Å². The zero-order valence-corrected chi connectivity index (χ0v) is 9.89. The summed E-state index contributed by atoms with van der Waals surface area (Å²) >= 11 is 0. The van der Waals surface area contributed by atoms with E-state index in [9.17, 15) is 0 Å². The van der Waals surface area contributed by atoms with Crippen molar-refractivity contribution in [2.75, 3.05) is 6.61 Å². The number of para-hydroxylation sites is 1. The Morgan fingerprint density at radius 2 is 1.81 bits per heavy atom. The number of hydrogen-bond acceptors (Lipinski definition) is 3. The molecule has 0 radical (unpaired) electrons. The second-order valence-corrected chi connectivity index (χ2v) is 3.91. The molecule has 0 amide bonds. The van der Waals surface area contributed by atoms with E-state index in [4.69, 9.17) is 14.8 Å². The van der Waals surface area contributed by atoms with Gasteiger partial charge in [-0.1, -0.05) is 44.9 Å². The van der Waals surface area contributed by atoms with Gasteiger partial charge in [-0.15, -0.1) is 0 Å². The molecule has 88 valence electrons. The lowest BCUT2D eigenvalue weighted by Gasteiger charge is -2.15. The third-order valence-electron chi connectivity index (χ3n) is 2.83. The molecule has 0 saturated heterocycles. The van der Waals surface area contributed by atoms with E-state index in [1.54, 1.807) is 18.2 Å². The minimum atomic E-state index is -1.47. The smallest absolute Gasteiger partial charge is 0.492 e. The van der Waals surface area contributed by atoms with Crippen molar-refractivity contribution in [2.24, 2.45) is 5.92 Å². The van der Waals surface area contributed by atoms with E-state index in [0.29, 0.717) is 23.7 Å². The summed E-state index contributed by atoms with van der Waals surface area (Å²) < 4.78 is 5.62. The Hall–Kier alpha value is -0.995. The first-order valence-electron chi connectivity index (χ1n) is 5.76. The van der Waals surface area contributed by atoms with E-state index in [1.807, 2.05) is 6.07 Å². The predicted octanol–water partition coefficient (Wildman–Crippen LogP) is 1.18. The van der Waals surface area contributed by atoms with Crippen LogP contribution in [0.25, 0.3) is 0 Å². The van der Waals surface area contributed by atoms with E-state index >= 15 is 0 Å². The highest BCUT2D eigenvalue weighted by molar-refractivity contribution is 6.59. The van der Waals surface area contributed by atoms with Gasteiger partial charge in [-0.2, -0.15) is 0 Å². The molecule has 0 spiro atoms. The Balaban J connectivity index is 2.66. The minimum Gasteiger partial charge on any atom is -0.494 e. The third-order valence-corrected chi connectivity index (χ3v) is 2.83. The molecule has 0 unspecified atom stereocenters. The molecule has 0 heterocycles. The summed E-state index contributed by atoms with van der Waals surface area (Å²) in [4.78, 5) is 0. The van der Waals surface area contributed by atoms with Crippen molar-refractivity contribution in [3.8, 4) is 5.75 Å². The fourth-order valence-corrected chi connectivity index (χ4v) is 1.56. The van der Waals surface area contributed by atoms with Gasteiger partial charge in [0.15, 0.2) is 0 Å². The van der Waals surface area contributed by atoms with Crippen molar-refractivity contribution < 1.29 is 14.8 Å². The van der Waals surface area contributed by atoms with Gasteiger partial charge in [0.2, 0.25) is 0 Å². The molecule has 0 aliphatic heterocycles. The fourth-order valence-electron chi connectivity index (χ4n) is 1.56. The molecule has 2 N–H and O–H groups in total. The molecular formula is C12H19BO3. The van der Waals surface area contributed by atoms with Crippen molar-refractivity contribution in [1.29, 1.82) is 0 Å². The molecule has 0 aliphatic carbocycles. The molecule has 1 aromatic carbocycles. The van der Waals surface area contributed by atoms with E-state index in [2.05, 4.69) is 13.8 Å². The van der Waals surface area contributed by atoms with E-state index in [0.717, 1.165) is 12.8 Å². The average Bonchev–Trinajstić information content (AvgIpc) is 2.30. The van der Waals surface area contributed by atoms with Gasteiger partial charge in [-0.25, -0.2) is 0 Å². The van der Waals surface area contributed by atoms with Crippen LogP contribution in [0.3, 0.4) is 0 Å². The second kappa shape index (κ2) is 6.56. The predicted molar refractivity (Wildman–Crippen MR) is 65.8 cm³/mol. The van der Waals surface area contributed by atoms with Crippen molar-refractivity contribution in [3.63, 3.8) is 0 Å². The molecule has 3 nitrogen and oxygen atoms in total. The van der Waals surface area contributed by atoms with Crippen LogP contribution in [-0.2, 0) is 0 Å². The molecule has 1 aromatic rings. The second-order valence-electron chi connectivity index (χ2n) is 3.91. The summed E-state index contributed by atoms with van der Waals surface area (Å²) in [6.45, 7) is 4.88. The number of hydrogen-bond donors (Lipinski definition) is 2. The first-order chi connectivity index (χ1) is 7.69. The summed E-state index contributed by atoms with van der Waals surface area (Å²) in [6, 6.07) is 7.01. The summed E-state index contributed by atoms with van der Waals surface area (Å²) in [5.74, 6) is 1.08. The molecule has 0 aliphatic rings. The normalized spacial score (nSPS) is 10.6. The maximum atomic E-state index is 9.16. The zero-order valence-electron chi connectivity index (χ0n) is 9.89. The number of benzene rings is 1. The number of rotatable bonds is 6. The zero-order chi connectivity index (χ0) is 12.0. The van der Waals surface area contributed by atoms with E-state index < -0.39 is 7.12 Å². The van der Waals surface area contributed by atoms with Crippen LogP contribution in [0.5, 0.6) is 5.75 Å². The van der Waals surface area contributed by atoms with Crippen LogP contribution in [-0.4, -0.2) is 23.8 Å². The van der Waals surface area contributed by atoms with Gasteiger partial charge < -0.3 is 14.8 Å². The summed E-state index contributed by atoms with van der Waals surface area (Å²) in [5, 5.41) is 18.3. The summed E-state index contributed by atoms with van der Waals surface area (Å²) in [6.07, 6.45) is 2.14. The first-order valence-corrected chi connectivity index (χ1v) is 5.76. The first kappa shape index (κ1) is 13.1. The van der Waals surface area contributed by atoms with Gasteiger partial charge in [0, 0.05) is 5.46 Å². The largest absolute Gasteiger partial charge is 0.494 e. The lowest BCUT2D eigenvalue weighted by Crippen LogP contribution is -2.31. The molecular weight excluding hydrogens is 203 g/mol. The van der Waals surface area contributed by atoms with Gasteiger partial charge in [-0.05, 0) is 12.0 Å². The Bertz CT molecular complexity index is 311. The van der Waals surface area contributed by atoms with E-state index in [-0.39, 0.29) is 0 Å². The highest BCUT2D eigenvalue weighted by atomic mass is 16.5. The summed E-state index contributed by atoms with van der Waals surface area (Å²) in [5.41, 5.74) is 0.424. The van der Waals surface area contributed by atoms with Crippen LogP contribution in [0, 0.1) is 5.92 Å². The summed E-state index contributed by atoms with van der Waals surface area (Å²) in [7, 11) is -1.47. The van der Waals surface area contributed by atoms with Gasteiger partial charge in [0.05, 0.1) is 6.61 Å². The van der Waals surface area contributed by atoms with Crippen LogP contribution in [0.15, 0.2) is 24.3 Å². The Morgan fingerprint density at radius 1 is 1.19 bits per heavy atom. The lowest BCUT2D eigenvalue weighted by molar-refractivity contribution is 0.241. The monoisotopic (exact) mass is 222 g/mol. The van der Waals surface area contributed by atoms with Crippen molar-refractivity contribution in [2.45, 2.75) is 26.7 Å². The van der Waals surface area contributed by atoms with Crippen LogP contribution in [0.1, 0.15) is 26.7 Å². The van der Waals surface area contributed by atoms with Gasteiger partial charge in [-0.3, -0.25) is 0 Å². The topological polar surface area (TPSA) is 49.7 Å². The minimum absolute atomic E-state index is 0.424. The van der Waals surface area contributed by atoms with Crippen LogP contribution >= 0.6 is 0 Å². The molecule has 4 heteroatoms. The molecule has 16 heavy (non-hydrogen) atoms. The van der Waals surface area contributed by atoms with Crippen molar-refractivity contribution in [1.82, 2.24) is 0 Å². The van der Waals surface area contributed by atoms with Gasteiger partial charge in [0.1, 0.15) is 5.75 Å². The third kappa shape index (κ3) is 3.54. The van der Waals surface area contributed by atoms with Crippen molar-refractivity contribution in [3.05, 3.63) is 24.3 Å². The van der Waals surface area contributed by atoms with Crippen LogP contribution in [0.4, 0.5) is 0 Å². The maximum Gasteiger partial charge on any atom is 0.492 e.